The molecule has 2 N–H and O–H groups in total. The largest absolute Gasteiger partial charge is 0.381 e. The Labute approximate surface area is 116 Å². The quantitative estimate of drug-likeness (QED) is 0.844. The summed E-state index contributed by atoms with van der Waals surface area (Å²) in [6.45, 7) is 0.616. The monoisotopic (exact) mass is 275 g/mol. The molecule has 0 unspecified atom stereocenters. The van der Waals surface area contributed by atoms with Crippen LogP contribution in [0.15, 0.2) is 42.6 Å². The van der Waals surface area contributed by atoms with E-state index >= 15 is 0 Å². The maximum Gasteiger partial charge on any atom is 0.251 e. The van der Waals surface area contributed by atoms with Gasteiger partial charge in [0, 0.05) is 31.0 Å². The summed E-state index contributed by atoms with van der Waals surface area (Å²) >= 11 is 5.81. The summed E-state index contributed by atoms with van der Waals surface area (Å²) in [6, 6.07) is 11.1. The number of nitrogens with one attached hydrogen (secondary N) is 2. The molecule has 19 heavy (non-hydrogen) atoms. The van der Waals surface area contributed by atoms with E-state index in [0.717, 1.165) is 11.3 Å². The molecule has 2 rings (SSSR count). The van der Waals surface area contributed by atoms with E-state index in [4.69, 9.17) is 11.6 Å². The number of hydrogen-bond donors (Lipinski definition) is 2. The molecule has 1 heterocycles. The van der Waals surface area contributed by atoms with Crippen LogP contribution in [0.1, 0.15) is 15.9 Å². The average Bonchev–Trinajstić information content (AvgIpc) is 2.45. The lowest BCUT2D eigenvalue weighted by molar-refractivity contribution is 0.0963. The van der Waals surface area contributed by atoms with Crippen LogP contribution >= 0.6 is 11.6 Å². The van der Waals surface area contributed by atoms with Gasteiger partial charge < -0.3 is 10.6 Å². The van der Waals surface area contributed by atoms with E-state index in [1.54, 1.807) is 25.4 Å². The highest BCUT2D eigenvalue weighted by Gasteiger charge is 2.03. The van der Waals surface area contributed by atoms with Crippen LogP contribution in [0, 0.1) is 0 Å². The predicted octanol–water partition coefficient (Wildman–Crippen LogP) is 2.71. The maximum atomic E-state index is 11.5. The van der Waals surface area contributed by atoms with Gasteiger partial charge in [-0.15, -0.1) is 0 Å². The van der Waals surface area contributed by atoms with Crippen LogP contribution in [0.2, 0.25) is 5.15 Å². The molecule has 4 nitrogen and oxygen atoms in total. The Hall–Kier alpha value is -2.07. The molecule has 0 saturated heterocycles. The fraction of sp³-hybridized carbons (Fsp3) is 0.143. The van der Waals surface area contributed by atoms with Gasteiger partial charge in [-0.3, -0.25) is 4.79 Å². The predicted molar refractivity (Wildman–Crippen MR) is 76.4 cm³/mol. The molecule has 0 atom stereocenters. The molecule has 1 amide bonds. The second-order valence-corrected chi connectivity index (χ2v) is 4.39. The number of aromatic nitrogens is 1. The Balaban J connectivity index is 2.05. The Morgan fingerprint density at radius 2 is 2.16 bits per heavy atom. The molecule has 0 aliphatic rings. The lowest BCUT2D eigenvalue weighted by Crippen LogP contribution is -2.17. The number of carbonyl (C=O) groups excluding carboxylic acids is 1. The van der Waals surface area contributed by atoms with Crippen molar-refractivity contribution in [1.29, 1.82) is 0 Å². The minimum atomic E-state index is -0.0891. The molecule has 1 aromatic heterocycles. The minimum Gasteiger partial charge on any atom is -0.381 e. The van der Waals surface area contributed by atoms with Gasteiger partial charge in [0.1, 0.15) is 5.15 Å². The topological polar surface area (TPSA) is 54.0 Å². The average molecular weight is 276 g/mol. The van der Waals surface area contributed by atoms with Crippen LogP contribution in [0.25, 0.3) is 0 Å². The number of carbonyl (C=O) groups is 1. The number of anilines is 1. The molecule has 0 spiro atoms. The van der Waals surface area contributed by atoms with Crippen molar-refractivity contribution in [2.24, 2.45) is 0 Å². The fourth-order valence-corrected chi connectivity index (χ4v) is 1.86. The zero-order valence-electron chi connectivity index (χ0n) is 10.5. The van der Waals surface area contributed by atoms with Gasteiger partial charge in [0.15, 0.2) is 0 Å². The summed E-state index contributed by atoms with van der Waals surface area (Å²) in [5, 5.41) is 6.28. The molecule has 2 aromatic rings. The Bertz CT molecular complexity index is 586. The van der Waals surface area contributed by atoms with E-state index in [2.05, 4.69) is 15.6 Å². The Morgan fingerprint density at radius 3 is 2.89 bits per heavy atom. The molecule has 0 bridgehead atoms. The highest BCUT2D eigenvalue weighted by molar-refractivity contribution is 6.29. The first-order valence-corrected chi connectivity index (χ1v) is 6.23. The first kappa shape index (κ1) is 13.4. The third kappa shape index (κ3) is 3.69. The third-order valence-electron chi connectivity index (χ3n) is 2.64. The first-order valence-electron chi connectivity index (χ1n) is 5.85. The normalized spacial score (nSPS) is 10.0. The lowest BCUT2D eigenvalue weighted by atomic mass is 10.1. The molecule has 0 aliphatic carbocycles. The number of benzene rings is 1. The minimum absolute atomic E-state index is 0.0891. The van der Waals surface area contributed by atoms with Gasteiger partial charge >= 0.3 is 0 Å². The molecule has 98 valence electrons. The van der Waals surface area contributed by atoms with E-state index in [0.29, 0.717) is 17.3 Å². The molecule has 0 aliphatic heterocycles. The van der Waals surface area contributed by atoms with Crippen LogP contribution in [0.5, 0.6) is 0 Å². The van der Waals surface area contributed by atoms with Crippen molar-refractivity contribution in [3.8, 4) is 0 Å². The van der Waals surface area contributed by atoms with Crippen molar-refractivity contribution in [3.05, 3.63) is 58.9 Å². The van der Waals surface area contributed by atoms with Crippen molar-refractivity contribution < 1.29 is 4.79 Å². The number of pyridine rings is 1. The van der Waals surface area contributed by atoms with Crippen LogP contribution in [-0.4, -0.2) is 17.9 Å². The van der Waals surface area contributed by atoms with E-state index in [1.165, 1.54) is 0 Å². The van der Waals surface area contributed by atoms with Crippen LogP contribution in [-0.2, 0) is 6.54 Å². The maximum absolute atomic E-state index is 11.5. The van der Waals surface area contributed by atoms with Gasteiger partial charge in [0.05, 0.1) is 0 Å². The number of rotatable bonds is 4. The standard InChI is InChI=1S/C14H14ClN3O/c1-16-14(19)11-4-2-3-10(7-11)9-18-12-5-6-17-13(15)8-12/h2-8H,9H2,1H3,(H,16,19)(H,17,18). The number of hydrogen-bond acceptors (Lipinski definition) is 3. The number of halogens is 1. The second-order valence-electron chi connectivity index (χ2n) is 4.00. The third-order valence-corrected chi connectivity index (χ3v) is 2.85. The summed E-state index contributed by atoms with van der Waals surface area (Å²) in [5.74, 6) is -0.0891. The highest BCUT2D eigenvalue weighted by Crippen LogP contribution is 2.13. The van der Waals surface area contributed by atoms with Gasteiger partial charge in [-0.1, -0.05) is 23.7 Å². The van der Waals surface area contributed by atoms with Gasteiger partial charge in [-0.2, -0.15) is 0 Å². The van der Waals surface area contributed by atoms with Gasteiger partial charge in [-0.25, -0.2) is 4.98 Å². The molecule has 5 heteroatoms. The molecule has 0 saturated carbocycles. The lowest BCUT2D eigenvalue weighted by Gasteiger charge is -2.08. The van der Waals surface area contributed by atoms with Crippen LogP contribution in [0.3, 0.4) is 0 Å². The molecule has 1 aromatic carbocycles. The summed E-state index contributed by atoms with van der Waals surface area (Å²) < 4.78 is 0. The van der Waals surface area contributed by atoms with Crippen LogP contribution < -0.4 is 10.6 Å². The van der Waals surface area contributed by atoms with Crippen molar-refractivity contribution in [2.75, 3.05) is 12.4 Å². The van der Waals surface area contributed by atoms with Crippen molar-refractivity contribution in [1.82, 2.24) is 10.3 Å². The van der Waals surface area contributed by atoms with E-state index in [9.17, 15) is 4.79 Å². The smallest absolute Gasteiger partial charge is 0.251 e. The van der Waals surface area contributed by atoms with Gasteiger partial charge in [0.25, 0.3) is 5.91 Å². The molecular weight excluding hydrogens is 262 g/mol. The summed E-state index contributed by atoms with van der Waals surface area (Å²) in [5.41, 5.74) is 2.56. The summed E-state index contributed by atoms with van der Waals surface area (Å²) in [4.78, 5) is 15.4. The van der Waals surface area contributed by atoms with Crippen molar-refractivity contribution in [2.45, 2.75) is 6.54 Å². The van der Waals surface area contributed by atoms with Crippen molar-refractivity contribution in [3.63, 3.8) is 0 Å². The second kappa shape index (κ2) is 6.20. The summed E-state index contributed by atoms with van der Waals surface area (Å²) in [7, 11) is 1.62. The molecule has 0 fully saturated rings. The first-order chi connectivity index (χ1) is 9.19. The highest BCUT2D eigenvalue weighted by atomic mass is 35.5. The zero-order chi connectivity index (χ0) is 13.7. The SMILES string of the molecule is CNC(=O)c1cccc(CNc2ccnc(Cl)c2)c1. The van der Waals surface area contributed by atoms with E-state index in [1.807, 2.05) is 24.3 Å². The molecular formula is C14H14ClN3O. The van der Waals surface area contributed by atoms with Gasteiger partial charge in [-0.05, 0) is 29.8 Å². The summed E-state index contributed by atoms with van der Waals surface area (Å²) in [6.07, 6.45) is 1.64. The van der Waals surface area contributed by atoms with Gasteiger partial charge in [0.2, 0.25) is 0 Å². The Morgan fingerprint density at radius 1 is 1.32 bits per heavy atom. The fourth-order valence-electron chi connectivity index (χ4n) is 1.68. The zero-order valence-corrected chi connectivity index (χ0v) is 11.2. The molecule has 0 radical (unpaired) electrons. The van der Waals surface area contributed by atoms with Crippen LogP contribution in [0.4, 0.5) is 5.69 Å². The number of amides is 1. The number of nitrogens with zero attached hydrogens (tertiary/aromatic N) is 1. The van der Waals surface area contributed by atoms with Crippen molar-refractivity contribution >= 4 is 23.2 Å². The van der Waals surface area contributed by atoms with E-state index < -0.39 is 0 Å². The van der Waals surface area contributed by atoms with E-state index in [-0.39, 0.29) is 5.91 Å². The Kier molecular flexibility index (Phi) is 4.36.